The number of aliphatic hydroxyl groups is 2. The Balaban J connectivity index is 1.73. The van der Waals surface area contributed by atoms with Crippen LogP contribution in [0, 0.1) is 6.92 Å². The molecular weight excluding hydrogens is 528 g/mol. The molecule has 1 aliphatic heterocycles. The van der Waals surface area contributed by atoms with Crippen LogP contribution in [0.3, 0.4) is 0 Å². The number of para-hydroxylation sites is 1. The number of benzene rings is 1. The fourth-order valence-electron chi connectivity index (χ4n) is 4.79. The van der Waals surface area contributed by atoms with Gasteiger partial charge < -0.3 is 29.4 Å². The van der Waals surface area contributed by atoms with E-state index in [9.17, 15) is 24.6 Å². The molecule has 4 heterocycles. The van der Waals surface area contributed by atoms with E-state index in [4.69, 9.17) is 13.9 Å². The van der Waals surface area contributed by atoms with Crippen molar-refractivity contribution < 1.29 is 28.9 Å². The van der Waals surface area contributed by atoms with Crippen molar-refractivity contribution >= 4 is 27.5 Å². The van der Waals surface area contributed by atoms with Crippen molar-refractivity contribution in [3.8, 4) is 16.5 Å². The summed E-state index contributed by atoms with van der Waals surface area (Å²) in [6.07, 6.45) is 1.25. The summed E-state index contributed by atoms with van der Waals surface area (Å²) < 4.78 is 19.4. The highest BCUT2D eigenvalue weighted by molar-refractivity contribution is 7.22. The molecule has 1 aliphatic rings. The van der Waals surface area contributed by atoms with Gasteiger partial charge in [-0.05, 0) is 25.0 Å². The first-order valence-electron chi connectivity index (χ1n) is 12.3. The molecular formula is C26H28N4O8S. The predicted octanol–water partition coefficient (Wildman–Crippen LogP) is 1.37. The number of methoxy groups -OCH3 is 1. The monoisotopic (exact) mass is 556 g/mol. The number of oxazole rings is 1. The first-order chi connectivity index (χ1) is 18.8. The SMILES string of the molecule is COc1ccccc1[C@H](Cn1c(=O)n(C2CCNC2=O)c(=O)c2c(C)c(-c3ncco3)sc21)OCC(O)CO. The van der Waals surface area contributed by atoms with E-state index in [0.717, 1.165) is 4.57 Å². The Labute approximate surface area is 226 Å². The molecule has 3 N–H and O–H groups in total. The zero-order chi connectivity index (χ0) is 27.7. The number of hydrogen-bond acceptors (Lipinski definition) is 10. The van der Waals surface area contributed by atoms with E-state index in [-0.39, 0.29) is 18.5 Å². The van der Waals surface area contributed by atoms with Crippen LogP contribution >= 0.6 is 11.3 Å². The van der Waals surface area contributed by atoms with E-state index in [1.54, 1.807) is 31.2 Å². The van der Waals surface area contributed by atoms with Crippen LogP contribution in [-0.4, -0.2) is 63.2 Å². The van der Waals surface area contributed by atoms with Crippen molar-refractivity contribution in [3.63, 3.8) is 0 Å². The number of carbonyl (C=O) groups excluding carboxylic acids is 1. The molecule has 0 aliphatic carbocycles. The summed E-state index contributed by atoms with van der Waals surface area (Å²) in [5, 5.41) is 22.3. The molecule has 12 nitrogen and oxygen atoms in total. The van der Waals surface area contributed by atoms with Gasteiger partial charge in [0.05, 0.1) is 43.3 Å². The summed E-state index contributed by atoms with van der Waals surface area (Å²) in [5.41, 5.74) is -0.0529. The molecule has 1 amide bonds. The number of rotatable bonds is 10. The molecule has 1 saturated heterocycles. The van der Waals surface area contributed by atoms with Gasteiger partial charge in [-0.15, -0.1) is 11.3 Å². The number of amides is 1. The summed E-state index contributed by atoms with van der Waals surface area (Å²) in [4.78, 5) is 45.5. The lowest BCUT2D eigenvalue weighted by Crippen LogP contribution is -2.44. The average Bonchev–Trinajstić information content (AvgIpc) is 3.69. The molecule has 13 heteroatoms. The van der Waals surface area contributed by atoms with Gasteiger partial charge in [0.15, 0.2) is 0 Å². The first kappa shape index (κ1) is 26.8. The van der Waals surface area contributed by atoms with Gasteiger partial charge in [0.1, 0.15) is 35.1 Å². The smallest absolute Gasteiger partial charge is 0.332 e. The van der Waals surface area contributed by atoms with Crippen molar-refractivity contribution in [2.75, 3.05) is 26.9 Å². The van der Waals surface area contributed by atoms with Crippen molar-refractivity contribution in [1.29, 1.82) is 0 Å². The number of carbonyl (C=O) groups is 1. The third-order valence-electron chi connectivity index (χ3n) is 6.74. The molecule has 4 aromatic rings. The fourth-order valence-corrected chi connectivity index (χ4v) is 6.03. The standard InChI is InChI=1S/C26H28N4O8S/c1-14-20-24(34)30(17-7-8-27-22(17)33)26(35)29(25(20)39-21(14)23-28-9-10-37-23)11-19(38-13-15(32)12-31)16-5-3-4-6-18(16)36-2/h3-6,9-10,15,17,19,31-32H,7-8,11-13H2,1-2H3,(H,27,33)/t15?,17?,19-/m0/s1. The van der Waals surface area contributed by atoms with Gasteiger partial charge in [-0.2, -0.15) is 0 Å². The minimum absolute atomic E-state index is 0.0759. The molecule has 3 atom stereocenters. The summed E-state index contributed by atoms with van der Waals surface area (Å²) in [5.74, 6) is 0.405. The van der Waals surface area contributed by atoms with Crippen LogP contribution in [0.2, 0.25) is 0 Å². The Morgan fingerprint density at radius 2 is 2.08 bits per heavy atom. The molecule has 0 bridgehead atoms. The number of nitrogens with one attached hydrogen (secondary N) is 1. The number of aryl methyl sites for hydroxylation is 1. The molecule has 0 saturated carbocycles. The fraction of sp³-hybridized carbons (Fsp3) is 0.385. The van der Waals surface area contributed by atoms with E-state index in [2.05, 4.69) is 10.3 Å². The number of fused-ring (bicyclic) bond motifs is 1. The maximum absolute atomic E-state index is 14.0. The molecule has 5 rings (SSSR count). The Bertz CT molecular complexity index is 1610. The van der Waals surface area contributed by atoms with Crippen molar-refractivity contribution in [3.05, 3.63) is 68.7 Å². The van der Waals surface area contributed by atoms with Gasteiger partial charge >= 0.3 is 5.69 Å². The van der Waals surface area contributed by atoms with Crippen molar-refractivity contribution in [1.82, 2.24) is 19.4 Å². The lowest BCUT2D eigenvalue weighted by Gasteiger charge is -2.24. The largest absolute Gasteiger partial charge is 0.496 e. The molecule has 0 spiro atoms. The van der Waals surface area contributed by atoms with Crippen LogP contribution < -0.4 is 21.3 Å². The van der Waals surface area contributed by atoms with Crippen LogP contribution in [-0.2, 0) is 16.1 Å². The van der Waals surface area contributed by atoms with Gasteiger partial charge in [0.2, 0.25) is 11.8 Å². The van der Waals surface area contributed by atoms with Gasteiger partial charge in [-0.3, -0.25) is 14.2 Å². The van der Waals surface area contributed by atoms with Crippen LogP contribution in [0.15, 0.2) is 50.7 Å². The predicted molar refractivity (Wildman–Crippen MR) is 142 cm³/mol. The Morgan fingerprint density at radius 3 is 2.74 bits per heavy atom. The topological polar surface area (TPSA) is 158 Å². The lowest BCUT2D eigenvalue weighted by atomic mass is 10.1. The van der Waals surface area contributed by atoms with E-state index in [1.165, 1.54) is 35.5 Å². The van der Waals surface area contributed by atoms with Crippen molar-refractivity contribution in [2.45, 2.75) is 38.1 Å². The normalized spacial score (nSPS) is 16.9. The van der Waals surface area contributed by atoms with Gasteiger partial charge in [-0.25, -0.2) is 14.3 Å². The zero-order valence-electron chi connectivity index (χ0n) is 21.3. The van der Waals surface area contributed by atoms with E-state index in [0.29, 0.717) is 45.4 Å². The second kappa shape index (κ2) is 11.1. The number of hydrogen-bond donors (Lipinski definition) is 3. The zero-order valence-corrected chi connectivity index (χ0v) is 22.1. The molecule has 206 valence electrons. The highest BCUT2D eigenvalue weighted by Crippen LogP contribution is 2.37. The molecule has 0 radical (unpaired) electrons. The van der Waals surface area contributed by atoms with E-state index >= 15 is 0 Å². The van der Waals surface area contributed by atoms with Crippen molar-refractivity contribution in [2.24, 2.45) is 0 Å². The van der Waals surface area contributed by atoms with Crippen LogP contribution in [0.1, 0.15) is 29.7 Å². The average molecular weight is 557 g/mol. The molecule has 39 heavy (non-hydrogen) atoms. The summed E-state index contributed by atoms with van der Waals surface area (Å²) in [6.45, 7) is 1.30. The Morgan fingerprint density at radius 1 is 1.28 bits per heavy atom. The first-order valence-corrected chi connectivity index (χ1v) is 13.2. The second-order valence-electron chi connectivity index (χ2n) is 9.14. The minimum atomic E-state index is -1.14. The third-order valence-corrected chi connectivity index (χ3v) is 8.04. The second-order valence-corrected chi connectivity index (χ2v) is 10.1. The Kier molecular flexibility index (Phi) is 7.66. The number of aliphatic hydroxyl groups excluding tert-OH is 2. The van der Waals surface area contributed by atoms with Gasteiger partial charge in [0.25, 0.3) is 5.56 Å². The molecule has 3 aromatic heterocycles. The maximum atomic E-state index is 14.0. The number of nitrogens with zero attached hydrogens (tertiary/aromatic N) is 3. The highest BCUT2D eigenvalue weighted by atomic mass is 32.1. The van der Waals surface area contributed by atoms with E-state index < -0.39 is 42.0 Å². The van der Waals surface area contributed by atoms with Crippen LogP contribution in [0.25, 0.3) is 21.0 Å². The molecule has 1 aromatic carbocycles. The lowest BCUT2D eigenvalue weighted by molar-refractivity contribution is -0.122. The summed E-state index contributed by atoms with van der Waals surface area (Å²) in [6, 6.07) is 6.14. The van der Waals surface area contributed by atoms with Gasteiger partial charge in [-0.1, -0.05) is 18.2 Å². The van der Waals surface area contributed by atoms with Gasteiger partial charge in [0, 0.05) is 12.1 Å². The summed E-state index contributed by atoms with van der Waals surface area (Å²) in [7, 11) is 1.51. The summed E-state index contributed by atoms with van der Waals surface area (Å²) >= 11 is 1.18. The van der Waals surface area contributed by atoms with Crippen LogP contribution in [0.4, 0.5) is 0 Å². The number of aromatic nitrogens is 3. The maximum Gasteiger partial charge on any atom is 0.332 e. The third kappa shape index (κ3) is 4.89. The Hall–Kier alpha value is -3.78. The quantitative estimate of drug-likeness (QED) is 0.262. The molecule has 1 fully saturated rings. The van der Waals surface area contributed by atoms with Crippen LogP contribution in [0.5, 0.6) is 5.75 Å². The molecule has 2 unspecified atom stereocenters. The minimum Gasteiger partial charge on any atom is -0.496 e. The number of thiophene rings is 1. The number of ether oxygens (including phenoxy) is 2. The highest BCUT2D eigenvalue weighted by Gasteiger charge is 2.33. The van der Waals surface area contributed by atoms with E-state index in [1.807, 2.05) is 0 Å².